The molecular formula is C19H21N3O2. The fraction of sp³-hybridized carbons (Fsp3) is 0.263. The molecule has 5 heteroatoms. The van der Waals surface area contributed by atoms with E-state index in [0.29, 0.717) is 11.3 Å². The Morgan fingerprint density at radius 3 is 2.62 bits per heavy atom. The zero-order valence-corrected chi connectivity index (χ0v) is 13.7. The minimum atomic E-state index is -0.240. The molecule has 3 rings (SSSR count). The fourth-order valence-corrected chi connectivity index (χ4v) is 2.92. The lowest BCUT2D eigenvalue weighted by Crippen LogP contribution is -2.39. The van der Waals surface area contributed by atoms with Crippen LogP contribution in [0.15, 0.2) is 54.6 Å². The predicted octanol–water partition coefficient (Wildman–Crippen LogP) is 3.29. The highest BCUT2D eigenvalue weighted by Crippen LogP contribution is 2.19. The number of amides is 2. The van der Waals surface area contributed by atoms with Gasteiger partial charge in [-0.1, -0.05) is 30.3 Å². The molecule has 2 amide bonds. The molecule has 0 aliphatic carbocycles. The molecule has 0 bridgehead atoms. The summed E-state index contributed by atoms with van der Waals surface area (Å²) < 4.78 is 0. The van der Waals surface area contributed by atoms with Crippen LogP contribution in [0, 0.1) is 0 Å². The fourth-order valence-electron chi connectivity index (χ4n) is 2.92. The molecule has 2 N–H and O–H groups in total. The van der Waals surface area contributed by atoms with Crippen molar-refractivity contribution in [2.75, 3.05) is 23.3 Å². The van der Waals surface area contributed by atoms with Crippen LogP contribution in [0.2, 0.25) is 0 Å². The summed E-state index contributed by atoms with van der Waals surface area (Å²) in [7, 11) is 0. The second kappa shape index (κ2) is 7.17. The van der Waals surface area contributed by atoms with Crippen LogP contribution in [-0.4, -0.2) is 30.9 Å². The van der Waals surface area contributed by atoms with Gasteiger partial charge in [0, 0.05) is 36.1 Å². The van der Waals surface area contributed by atoms with Gasteiger partial charge in [0.25, 0.3) is 0 Å². The quantitative estimate of drug-likeness (QED) is 0.849. The predicted molar refractivity (Wildman–Crippen MR) is 95.7 cm³/mol. The van der Waals surface area contributed by atoms with Crippen molar-refractivity contribution in [2.24, 2.45) is 0 Å². The van der Waals surface area contributed by atoms with E-state index in [1.807, 2.05) is 18.2 Å². The molecule has 2 aromatic carbocycles. The van der Waals surface area contributed by atoms with E-state index in [-0.39, 0.29) is 17.9 Å². The Morgan fingerprint density at radius 1 is 1.08 bits per heavy atom. The van der Waals surface area contributed by atoms with E-state index >= 15 is 0 Å². The molecule has 24 heavy (non-hydrogen) atoms. The SMILES string of the molecule is CC(=O)c1cccc(NC(=O)NC2CCN(c3ccccc3)C2)c1. The van der Waals surface area contributed by atoms with E-state index in [0.717, 1.165) is 19.5 Å². The third-order valence-electron chi connectivity index (χ3n) is 4.17. The zero-order valence-electron chi connectivity index (χ0n) is 13.7. The second-order valence-electron chi connectivity index (χ2n) is 6.00. The van der Waals surface area contributed by atoms with Crippen LogP contribution in [0.3, 0.4) is 0 Å². The van der Waals surface area contributed by atoms with Crippen LogP contribution in [0.4, 0.5) is 16.2 Å². The summed E-state index contributed by atoms with van der Waals surface area (Å²) in [6, 6.07) is 17.0. The Bertz CT molecular complexity index is 730. The van der Waals surface area contributed by atoms with Gasteiger partial charge in [-0.3, -0.25) is 4.79 Å². The van der Waals surface area contributed by atoms with Crippen molar-refractivity contribution < 1.29 is 9.59 Å². The summed E-state index contributed by atoms with van der Waals surface area (Å²) in [4.78, 5) is 25.8. The smallest absolute Gasteiger partial charge is 0.319 e. The number of Topliss-reactive ketones (excluding diaryl/α,β-unsaturated/α-hetero) is 1. The van der Waals surface area contributed by atoms with E-state index in [1.54, 1.807) is 24.3 Å². The van der Waals surface area contributed by atoms with Crippen LogP contribution >= 0.6 is 0 Å². The van der Waals surface area contributed by atoms with E-state index in [2.05, 4.69) is 27.7 Å². The Kier molecular flexibility index (Phi) is 4.79. The monoisotopic (exact) mass is 323 g/mol. The number of carbonyl (C=O) groups excluding carboxylic acids is 2. The van der Waals surface area contributed by atoms with Gasteiger partial charge in [0.05, 0.1) is 0 Å². The number of hydrogen-bond acceptors (Lipinski definition) is 3. The molecule has 2 aromatic rings. The summed E-state index contributed by atoms with van der Waals surface area (Å²) >= 11 is 0. The van der Waals surface area contributed by atoms with Crippen LogP contribution in [-0.2, 0) is 0 Å². The minimum Gasteiger partial charge on any atom is -0.369 e. The Balaban J connectivity index is 1.54. The molecule has 1 aliphatic rings. The van der Waals surface area contributed by atoms with Crippen molar-refractivity contribution in [3.8, 4) is 0 Å². The van der Waals surface area contributed by atoms with Crippen LogP contribution in [0.25, 0.3) is 0 Å². The highest BCUT2D eigenvalue weighted by Gasteiger charge is 2.23. The molecule has 1 unspecified atom stereocenters. The Morgan fingerprint density at radius 2 is 1.88 bits per heavy atom. The van der Waals surface area contributed by atoms with Gasteiger partial charge in [0.2, 0.25) is 0 Å². The maximum Gasteiger partial charge on any atom is 0.319 e. The van der Waals surface area contributed by atoms with E-state index < -0.39 is 0 Å². The molecular weight excluding hydrogens is 302 g/mol. The van der Waals surface area contributed by atoms with E-state index in [4.69, 9.17) is 0 Å². The van der Waals surface area contributed by atoms with Crippen molar-refractivity contribution in [3.63, 3.8) is 0 Å². The molecule has 1 aliphatic heterocycles. The second-order valence-corrected chi connectivity index (χ2v) is 6.00. The number of anilines is 2. The number of benzene rings is 2. The first-order chi connectivity index (χ1) is 11.6. The van der Waals surface area contributed by atoms with Gasteiger partial charge in [-0.15, -0.1) is 0 Å². The average Bonchev–Trinajstić information content (AvgIpc) is 3.04. The summed E-state index contributed by atoms with van der Waals surface area (Å²) in [5.74, 6) is -0.0200. The van der Waals surface area contributed by atoms with Crippen molar-refractivity contribution in [2.45, 2.75) is 19.4 Å². The van der Waals surface area contributed by atoms with Crippen molar-refractivity contribution >= 4 is 23.2 Å². The van der Waals surface area contributed by atoms with Crippen molar-refractivity contribution in [1.29, 1.82) is 0 Å². The van der Waals surface area contributed by atoms with Gasteiger partial charge in [-0.25, -0.2) is 4.79 Å². The van der Waals surface area contributed by atoms with Crippen LogP contribution < -0.4 is 15.5 Å². The lowest BCUT2D eigenvalue weighted by atomic mass is 10.1. The molecule has 0 aromatic heterocycles. The molecule has 0 spiro atoms. The third kappa shape index (κ3) is 3.93. The first-order valence-electron chi connectivity index (χ1n) is 8.10. The molecule has 5 nitrogen and oxygen atoms in total. The van der Waals surface area contributed by atoms with Gasteiger partial charge >= 0.3 is 6.03 Å². The molecule has 0 radical (unpaired) electrons. The van der Waals surface area contributed by atoms with Gasteiger partial charge < -0.3 is 15.5 Å². The maximum atomic E-state index is 12.2. The summed E-state index contributed by atoms with van der Waals surface area (Å²) in [5, 5.41) is 5.80. The highest BCUT2D eigenvalue weighted by atomic mass is 16.2. The molecule has 1 fully saturated rings. The standard InChI is InChI=1S/C19H21N3O2/c1-14(23)15-6-5-7-16(12-15)20-19(24)21-17-10-11-22(13-17)18-8-3-2-4-9-18/h2-9,12,17H,10-11,13H2,1H3,(H2,20,21,24). The number of para-hydroxylation sites is 1. The van der Waals surface area contributed by atoms with Gasteiger partial charge in [0.1, 0.15) is 0 Å². The Labute approximate surface area is 141 Å². The molecule has 1 saturated heterocycles. The zero-order chi connectivity index (χ0) is 16.9. The summed E-state index contributed by atoms with van der Waals surface area (Å²) in [5.41, 5.74) is 2.39. The largest absolute Gasteiger partial charge is 0.369 e. The average molecular weight is 323 g/mol. The third-order valence-corrected chi connectivity index (χ3v) is 4.17. The summed E-state index contributed by atoms with van der Waals surface area (Å²) in [6.07, 6.45) is 0.912. The lowest BCUT2D eigenvalue weighted by Gasteiger charge is -2.19. The maximum absolute atomic E-state index is 12.2. The number of nitrogens with one attached hydrogen (secondary N) is 2. The number of carbonyl (C=O) groups is 2. The number of urea groups is 1. The molecule has 0 saturated carbocycles. The van der Waals surface area contributed by atoms with Gasteiger partial charge in [-0.05, 0) is 37.6 Å². The number of nitrogens with zero attached hydrogens (tertiary/aromatic N) is 1. The van der Waals surface area contributed by atoms with Gasteiger partial charge in [0.15, 0.2) is 5.78 Å². The van der Waals surface area contributed by atoms with E-state index in [1.165, 1.54) is 12.6 Å². The molecule has 124 valence electrons. The molecule has 1 atom stereocenters. The van der Waals surface area contributed by atoms with E-state index in [9.17, 15) is 9.59 Å². The Hall–Kier alpha value is -2.82. The highest BCUT2D eigenvalue weighted by molar-refractivity contribution is 5.96. The number of hydrogen-bond donors (Lipinski definition) is 2. The minimum absolute atomic E-state index is 0.0200. The van der Waals surface area contributed by atoms with Crippen LogP contribution in [0.5, 0.6) is 0 Å². The van der Waals surface area contributed by atoms with Crippen molar-refractivity contribution in [1.82, 2.24) is 5.32 Å². The first-order valence-corrected chi connectivity index (χ1v) is 8.10. The number of ketones is 1. The van der Waals surface area contributed by atoms with Crippen LogP contribution in [0.1, 0.15) is 23.7 Å². The van der Waals surface area contributed by atoms with Crippen molar-refractivity contribution in [3.05, 3.63) is 60.2 Å². The van der Waals surface area contributed by atoms with Gasteiger partial charge in [-0.2, -0.15) is 0 Å². The molecule has 1 heterocycles. The topological polar surface area (TPSA) is 61.4 Å². The summed E-state index contributed by atoms with van der Waals surface area (Å²) in [6.45, 7) is 3.23. The normalized spacial score (nSPS) is 16.7. The lowest BCUT2D eigenvalue weighted by molar-refractivity contribution is 0.101. The first kappa shape index (κ1) is 16.1. The number of rotatable bonds is 4.